The molecule has 0 aromatic heterocycles. The fraction of sp³-hybridized carbons (Fsp3) is 0.385. The molecule has 19 heavy (non-hydrogen) atoms. The maximum atomic E-state index is 13.3. The van der Waals surface area contributed by atoms with Crippen LogP contribution in [0.5, 0.6) is 0 Å². The monoisotopic (exact) mass is 266 g/mol. The molecule has 2 rings (SSSR count). The lowest BCUT2D eigenvalue weighted by atomic mass is 10.1. The second-order valence-corrected chi connectivity index (χ2v) is 4.77. The van der Waals surface area contributed by atoms with Crippen molar-refractivity contribution < 1.29 is 19.1 Å². The van der Waals surface area contributed by atoms with Gasteiger partial charge in [0.15, 0.2) is 0 Å². The molecule has 0 unspecified atom stereocenters. The lowest BCUT2D eigenvalue weighted by Gasteiger charge is -2.12. The second-order valence-electron chi connectivity index (χ2n) is 4.77. The van der Waals surface area contributed by atoms with E-state index >= 15 is 0 Å². The molecule has 1 fully saturated rings. The van der Waals surface area contributed by atoms with Crippen molar-refractivity contribution in [2.24, 2.45) is 5.41 Å². The number of rotatable bonds is 4. The molecule has 102 valence electrons. The van der Waals surface area contributed by atoms with Crippen LogP contribution in [0.3, 0.4) is 0 Å². The summed E-state index contributed by atoms with van der Waals surface area (Å²) in [5.41, 5.74) is -0.306. The summed E-state index contributed by atoms with van der Waals surface area (Å²) in [5.74, 6) is -2.35. The first-order valence-corrected chi connectivity index (χ1v) is 6.01. The Labute approximate surface area is 109 Å². The molecule has 0 atom stereocenters. The predicted octanol–water partition coefficient (Wildman–Crippen LogP) is 0.653. The average Bonchev–Trinajstić information content (AvgIpc) is 3.19. The van der Waals surface area contributed by atoms with E-state index in [2.05, 4.69) is 10.6 Å². The van der Waals surface area contributed by atoms with Crippen molar-refractivity contribution in [1.29, 1.82) is 0 Å². The van der Waals surface area contributed by atoms with Crippen molar-refractivity contribution in [2.75, 3.05) is 18.5 Å². The first kappa shape index (κ1) is 13.5. The van der Waals surface area contributed by atoms with E-state index in [0.29, 0.717) is 0 Å². The Hall–Kier alpha value is -1.95. The Morgan fingerprint density at radius 2 is 1.95 bits per heavy atom. The Balaban J connectivity index is 1.86. The molecule has 1 saturated carbocycles. The van der Waals surface area contributed by atoms with Gasteiger partial charge in [-0.2, -0.15) is 0 Å². The molecular weight excluding hydrogens is 251 g/mol. The summed E-state index contributed by atoms with van der Waals surface area (Å²) >= 11 is 0. The Morgan fingerprint density at radius 1 is 1.26 bits per heavy atom. The van der Waals surface area contributed by atoms with Crippen molar-refractivity contribution in [3.05, 3.63) is 30.1 Å². The zero-order valence-electron chi connectivity index (χ0n) is 10.3. The average molecular weight is 266 g/mol. The van der Waals surface area contributed by atoms with Gasteiger partial charge in [0.2, 0.25) is 0 Å². The van der Waals surface area contributed by atoms with Gasteiger partial charge in [-0.3, -0.25) is 9.59 Å². The number of aliphatic hydroxyl groups excluding tert-OH is 1. The topological polar surface area (TPSA) is 78.4 Å². The molecule has 3 N–H and O–H groups in total. The summed E-state index contributed by atoms with van der Waals surface area (Å²) in [5, 5.41) is 13.7. The molecular formula is C13H15FN2O3. The molecule has 0 aliphatic heterocycles. The van der Waals surface area contributed by atoms with Gasteiger partial charge in [-0.25, -0.2) is 4.39 Å². The molecule has 1 aliphatic rings. The van der Waals surface area contributed by atoms with Gasteiger partial charge in [0.05, 0.1) is 12.3 Å². The van der Waals surface area contributed by atoms with Crippen LogP contribution in [0.15, 0.2) is 24.3 Å². The number of hydrogen-bond acceptors (Lipinski definition) is 3. The maximum Gasteiger partial charge on any atom is 0.313 e. The van der Waals surface area contributed by atoms with Crippen molar-refractivity contribution in [2.45, 2.75) is 12.8 Å². The van der Waals surface area contributed by atoms with Crippen LogP contribution in [0.25, 0.3) is 0 Å². The van der Waals surface area contributed by atoms with E-state index in [0.717, 1.165) is 12.8 Å². The molecule has 5 nitrogen and oxygen atoms in total. The number of nitrogens with one attached hydrogen (secondary N) is 2. The van der Waals surface area contributed by atoms with E-state index in [-0.39, 0.29) is 24.3 Å². The number of halogens is 1. The Bertz CT molecular complexity index is 500. The number of aliphatic hydroxyl groups is 1. The fourth-order valence-corrected chi connectivity index (χ4v) is 1.66. The highest BCUT2D eigenvalue weighted by atomic mass is 19.1. The molecule has 0 spiro atoms. The van der Waals surface area contributed by atoms with E-state index in [9.17, 15) is 14.0 Å². The van der Waals surface area contributed by atoms with Crippen molar-refractivity contribution in [1.82, 2.24) is 5.32 Å². The number of benzene rings is 1. The smallest absolute Gasteiger partial charge is 0.313 e. The summed E-state index contributed by atoms with van der Waals surface area (Å²) in [6.07, 6.45) is 1.66. The number of amides is 2. The van der Waals surface area contributed by atoms with Crippen molar-refractivity contribution in [3.8, 4) is 0 Å². The number of carbonyl (C=O) groups excluding carboxylic acids is 2. The summed E-state index contributed by atoms with van der Waals surface area (Å²) in [4.78, 5) is 23.1. The molecule has 0 radical (unpaired) electrons. The van der Waals surface area contributed by atoms with E-state index in [1.165, 1.54) is 18.2 Å². The quantitative estimate of drug-likeness (QED) is 0.700. The van der Waals surface area contributed by atoms with Crippen LogP contribution in [0.2, 0.25) is 0 Å². The SMILES string of the molecule is O=C(NCC1(CO)CC1)C(=O)Nc1ccccc1F. The van der Waals surface area contributed by atoms with Crippen LogP contribution in [-0.4, -0.2) is 30.1 Å². The van der Waals surface area contributed by atoms with E-state index in [1.54, 1.807) is 6.07 Å². The van der Waals surface area contributed by atoms with E-state index in [1.807, 2.05) is 0 Å². The minimum atomic E-state index is -0.918. The summed E-state index contributed by atoms with van der Waals surface area (Å²) < 4.78 is 13.3. The van der Waals surface area contributed by atoms with Gasteiger partial charge >= 0.3 is 11.8 Å². The predicted molar refractivity (Wildman–Crippen MR) is 66.8 cm³/mol. The maximum absolute atomic E-state index is 13.3. The number of carbonyl (C=O) groups is 2. The lowest BCUT2D eigenvalue weighted by Crippen LogP contribution is -2.39. The van der Waals surface area contributed by atoms with Gasteiger partial charge in [-0.05, 0) is 25.0 Å². The third-order valence-electron chi connectivity index (χ3n) is 3.24. The highest BCUT2D eigenvalue weighted by Gasteiger charge is 2.42. The summed E-state index contributed by atoms with van der Waals surface area (Å²) in [6.45, 7) is 0.245. The third kappa shape index (κ3) is 3.29. The Morgan fingerprint density at radius 3 is 2.53 bits per heavy atom. The summed E-state index contributed by atoms with van der Waals surface area (Å²) in [6, 6.07) is 5.61. The standard InChI is InChI=1S/C13H15FN2O3/c14-9-3-1-2-4-10(9)16-12(19)11(18)15-7-13(8-17)5-6-13/h1-4,17H,5-8H2,(H,15,18)(H,16,19). The van der Waals surface area contributed by atoms with Gasteiger partial charge in [0, 0.05) is 12.0 Å². The molecule has 1 aliphatic carbocycles. The van der Waals surface area contributed by atoms with E-state index in [4.69, 9.17) is 5.11 Å². The van der Waals surface area contributed by atoms with Crippen LogP contribution in [0.4, 0.5) is 10.1 Å². The highest BCUT2D eigenvalue weighted by Crippen LogP contribution is 2.44. The molecule has 2 amide bonds. The largest absolute Gasteiger partial charge is 0.396 e. The van der Waals surface area contributed by atoms with Gasteiger partial charge in [0.25, 0.3) is 0 Å². The first-order valence-electron chi connectivity index (χ1n) is 6.01. The molecule has 0 saturated heterocycles. The first-order chi connectivity index (χ1) is 9.06. The number of hydrogen-bond donors (Lipinski definition) is 3. The van der Waals surface area contributed by atoms with E-state index < -0.39 is 17.6 Å². The Kier molecular flexibility index (Phi) is 3.80. The number of para-hydroxylation sites is 1. The van der Waals surface area contributed by atoms with Gasteiger partial charge in [-0.15, -0.1) is 0 Å². The minimum absolute atomic E-state index is 0.0117. The highest BCUT2D eigenvalue weighted by molar-refractivity contribution is 6.39. The molecule has 1 aromatic rings. The van der Waals surface area contributed by atoms with Crippen molar-refractivity contribution in [3.63, 3.8) is 0 Å². The van der Waals surface area contributed by atoms with Crippen LogP contribution < -0.4 is 10.6 Å². The lowest BCUT2D eigenvalue weighted by molar-refractivity contribution is -0.136. The molecule has 1 aromatic carbocycles. The zero-order valence-corrected chi connectivity index (χ0v) is 10.3. The van der Waals surface area contributed by atoms with Gasteiger partial charge in [0.1, 0.15) is 5.82 Å². The molecule has 0 bridgehead atoms. The van der Waals surface area contributed by atoms with Crippen LogP contribution in [0, 0.1) is 11.2 Å². The third-order valence-corrected chi connectivity index (χ3v) is 3.24. The zero-order chi connectivity index (χ0) is 13.9. The van der Waals surface area contributed by atoms with Crippen LogP contribution >= 0.6 is 0 Å². The second kappa shape index (κ2) is 5.36. The van der Waals surface area contributed by atoms with Crippen LogP contribution in [-0.2, 0) is 9.59 Å². The van der Waals surface area contributed by atoms with Gasteiger partial charge in [-0.1, -0.05) is 12.1 Å². The fourth-order valence-electron chi connectivity index (χ4n) is 1.66. The number of anilines is 1. The van der Waals surface area contributed by atoms with Crippen molar-refractivity contribution >= 4 is 17.5 Å². The van der Waals surface area contributed by atoms with Crippen LogP contribution in [0.1, 0.15) is 12.8 Å². The minimum Gasteiger partial charge on any atom is -0.396 e. The summed E-state index contributed by atoms with van der Waals surface area (Å²) in [7, 11) is 0. The molecule has 0 heterocycles. The normalized spacial score (nSPS) is 15.7. The molecule has 6 heteroatoms. The van der Waals surface area contributed by atoms with Gasteiger partial charge < -0.3 is 15.7 Å².